The predicted molar refractivity (Wildman–Crippen MR) is 65.7 cm³/mol. The van der Waals surface area contributed by atoms with E-state index in [-0.39, 0.29) is 6.10 Å². The standard InChI is InChI=1S/C9H9F3N2O6S2/c10-9(11,12)21(15,16)14(13)22(17,18)20-7-3-1-6(2-4-7)8-5-19-8/h1-4,8H,5,13H2. The van der Waals surface area contributed by atoms with Gasteiger partial charge < -0.3 is 8.92 Å². The average Bonchev–Trinajstić information content (AvgIpc) is 3.21. The zero-order chi connectivity index (χ0) is 16.8. The molecule has 1 heterocycles. The van der Waals surface area contributed by atoms with Crippen molar-refractivity contribution >= 4 is 20.3 Å². The second kappa shape index (κ2) is 5.34. The largest absolute Gasteiger partial charge is 0.514 e. The van der Waals surface area contributed by atoms with Crippen molar-refractivity contribution in [2.45, 2.75) is 11.6 Å². The number of nitrogens with two attached hydrogens (primary N) is 1. The molecule has 1 aromatic carbocycles. The third kappa shape index (κ3) is 3.33. The number of ether oxygens (including phenoxy) is 1. The first-order valence-electron chi connectivity index (χ1n) is 5.47. The molecule has 0 amide bonds. The van der Waals surface area contributed by atoms with Crippen LogP contribution < -0.4 is 10.0 Å². The van der Waals surface area contributed by atoms with Gasteiger partial charge in [-0.05, 0) is 17.7 Å². The molecule has 1 aromatic rings. The van der Waals surface area contributed by atoms with Gasteiger partial charge in [0, 0.05) is 3.82 Å². The van der Waals surface area contributed by atoms with E-state index in [9.17, 15) is 30.0 Å². The van der Waals surface area contributed by atoms with Crippen molar-refractivity contribution in [3.05, 3.63) is 29.8 Å². The van der Waals surface area contributed by atoms with Crippen molar-refractivity contribution in [3.63, 3.8) is 0 Å². The summed E-state index contributed by atoms with van der Waals surface area (Å²) >= 11 is 0. The van der Waals surface area contributed by atoms with Crippen LogP contribution in [0.3, 0.4) is 0 Å². The Hall–Kier alpha value is -1.41. The van der Waals surface area contributed by atoms with Gasteiger partial charge in [-0.15, -0.1) is 0 Å². The molecule has 22 heavy (non-hydrogen) atoms. The zero-order valence-electron chi connectivity index (χ0n) is 10.5. The summed E-state index contributed by atoms with van der Waals surface area (Å²) in [5.74, 6) is 4.14. The maximum atomic E-state index is 12.3. The molecule has 13 heteroatoms. The van der Waals surface area contributed by atoms with Crippen LogP contribution in [-0.2, 0) is 25.1 Å². The Morgan fingerprint density at radius 2 is 1.68 bits per heavy atom. The summed E-state index contributed by atoms with van der Waals surface area (Å²) in [6.07, 6.45) is -0.123. The van der Waals surface area contributed by atoms with Gasteiger partial charge in [0.05, 0.1) is 6.61 Å². The predicted octanol–water partition coefficient (Wildman–Crippen LogP) is 0.407. The topological polar surface area (TPSA) is 119 Å². The highest BCUT2D eigenvalue weighted by Crippen LogP contribution is 2.31. The van der Waals surface area contributed by atoms with Crippen LogP contribution in [0.5, 0.6) is 5.75 Å². The Morgan fingerprint density at radius 1 is 1.18 bits per heavy atom. The highest BCUT2D eigenvalue weighted by molar-refractivity contribution is 8.02. The van der Waals surface area contributed by atoms with Crippen LogP contribution in [0.15, 0.2) is 24.3 Å². The summed E-state index contributed by atoms with van der Waals surface area (Å²) in [4.78, 5) is 0. The van der Waals surface area contributed by atoms with E-state index in [1.165, 1.54) is 12.1 Å². The molecule has 1 unspecified atom stereocenters. The van der Waals surface area contributed by atoms with E-state index < -0.39 is 35.4 Å². The minimum Gasteiger partial charge on any atom is -0.369 e. The fraction of sp³-hybridized carbons (Fsp3) is 0.333. The number of nitrogens with zero attached hydrogens (tertiary/aromatic N) is 1. The maximum Gasteiger partial charge on any atom is 0.514 e. The van der Waals surface area contributed by atoms with Crippen LogP contribution in [0.2, 0.25) is 0 Å². The summed E-state index contributed by atoms with van der Waals surface area (Å²) in [6, 6.07) is 5.09. The van der Waals surface area contributed by atoms with Crippen molar-refractivity contribution in [1.82, 2.24) is 3.82 Å². The summed E-state index contributed by atoms with van der Waals surface area (Å²) in [5, 5.41) is 0. The quantitative estimate of drug-likeness (QED) is 0.457. The van der Waals surface area contributed by atoms with Crippen LogP contribution in [0, 0.1) is 0 Å². The van der Waals surface area contributed by atoms with E-state index in [4.69, 9.17) is 4.74 Å². The molecule has 124 valence electrons. The smallest absolute Gasteiger partial charge is 0.369 e. The minimum atomic E-state index is -6.29. The Bertz CT molecular complexity index is 756. The van der Waals surface area contributed by atoms with Gasteiger partial charge in [0.25, 0.3) is 0 Å². The molecular weight excluding hydrogens is 353 g/mol. The van der Waals surface area contributed by atoms with Crippen molar-refractivity contribution < 1.29 is 38.9 Å². The number of halogens is 3. The number of benzene rings is 1. The Kier molecular flexibility index (Phi) is 4.12. The highest BCUT2D eigenvalue weighted by Gasteiger charge is 2.54. The fourth-order valence-corrected chi connectivity index (χ4v) is 3.30. The Labute approximate surface area is 123 Å². The van der Waals surface area contributed by atoms with Crippen molar-refractivity contribution in [3.8, 4) is 5.75 Å². The average molecular weight is 362 g/mol. The van der Waals surface area contributed by atoms with Gasteiger partial charge in [-0.1, -0.05) is 12.1 Å². The SMILES string of the molecule is NN(S(=O)(=O)Oc1ccc(C2CO2)cc1)S(=O)(=O)C(F)(F)F. The van der Waals surface area contributed by atoms with Gasteiger partial charge in [0.15, 0.2) is 0 Å². The van der Waals surface area contributed by atoms with Gasteiger partial charge in [-0.3, -0.25) is 0 Å². The normalized spacial score (nSPS) is 19.2. The number of hydrogen-bond acceptors (Lipinski definition) is 7. The second-order valence-corrected chi connectivity index (χ2v) is 7.56. The van der Waals surface area contributed by atoms with E-state index in [1.807, 2.05) is 0 Å². The maximum absolute atomic E-state index is 12.3. The lowest BCUT2D eigenvalue weighted by atomic mass is 10.2. The van der Waals surface area contributed by atoms with Crippen LogP contribution in [0.1, 0.15) is 11.7 Å². The van der Waals surface area contributed by atoms with Crippen LogP contribution in [-0.4, -0.2) is 32.8 Å². The van der Waals surface area contributed by atoms with E-state index in [1.54, 1.807) is 0 Å². The molecule has 2 rings (SSSR count). The monoisotopic (exact) mass is 362 g/mol. The molecule has 1 saturated heterocycles. The lowest BCUT2D eigenvalue weighted by Crippen LogP contribution is -2.50. The third-order valence-corrected chi connectivity index (χ3v) is 5.58. The van der Waals surface area contributed by atoms with Gasteiger partial charge in [-0.2, -0.15) is 21.6 Å². The number of sulfonamides is 1. The number of epoxide rings is 1. The molecule has 0 saturated carbocycles. The summed E-state index contributed by atoms with van der Waals surface area (Å²) in [7, 11) is -11.7. The first-order valence-corrected chi connectivity index (χ1v) is 8.28. The molecule has 1 atom stereocenters. The van der Waals surface area contributed by atoms with Crippen LogP contribution in [0.25, 0.3) is 0 Å². The summed E-state index contributed by atoms with van der Waals surface area (Å²) < 4.78 is 89.5. The van der Waals surface area contributed by atoms with Gasteiger partial charge in [0.1, 0.15) is 11.9 Å². The molecule has 1 aliphatic heterocycles. The van der Waals surface area contributed by atoms with Gasteiger partial charge in [-0.25, -0.2) is 14.3 Å². The minimum absolute atomic E-state index is 0.123. The van der Waals surface area contributed by atoms with Crippen LogP contribution >= 0.6 is 0 Å². The van der Waals surface area contributed by atoms with E-state index in [0.717, 1.165) is 12.1 Å². The molecule has 0 radical (unpaired) electrons. The molecule has 1 fully saturated rings. The third-order valence-electron chi connectivity index (χ3n) is 2.54. The summed E-state index contributed by atoms with van der Waals surface area (Å²) in [6.45, 7) is 0.499. The highest BCUT2D eigenvalue weighted by atomic mass is 32.3. The van der Waals surface area contributed by atoms with Crippen molar-refractivity contribution in [2.75, 3.05) is 6.61 Å². The number of rotatable bonds is 5. The lowest BCUT2D eigenvalue weighted by molar-refractivity contribution is -0.0471. The molecular formula is C9H9F3N2O6S2. The second-order valence-electron chi connectivity index (χ2n) is 4.11. The van der Waals surface area contributed by atoms with Crippen molar-refractivity contribution in [2.24, 2.45) is 5.84 Å². The van der Waals surface area contributed by atoms with E-state index in [0.29, 0.717) is 12.2 Å². The first-order chi connectivity index (χ1) is 9.95. The summed E-state index contributed by atoms with van der Waals surface area (Å²) in [5.41, 5.74) is -5.18. The lowest BCUT2D eigenvalue weighted by Gasteiger charge is -2.17. The number of hydrazine groups is 1. The number of alkyl halides is 3. The Balaban J connectivity index is 2.20. The molecule has 2 N–H and O–H groups in total. The van der Waals surface area contributed by atoms with E-state index >= 15 is 0 Å². The van der Waals surface area contributed by atoms with Gasteiger partial charge in [0.2, 0.25) is 0 Å². The van der Waals surface area contributed by atoms with Crippen LogP contribution in [0.4, 0.5) is 13.2 Å². The molecule has 1 aliphatic rings. The fourth-order valence-electron chi connectivity index (χ4n) is 1.36. The first kappa shape index (κ1) is 17.0. The molecule has 8 nitrogen and oxygen atoms in total. The van der Waals surface area contributed by atoms with E-state index in [2.05, 4.69) is 10.0 Å². The molecule has 0 spiro atoms. The molecule has 0 bridgehead atoms. The molecule has 0 aliphatic carbocycles. The van der Waals surface area contributed by atoms with Gasteiger partial charge >= 0.3 is 25.8 Å². The molecule has 0 aromatic heterocycles. The van der Waals surface area contributed by atoms with Crippen molar-refractivity contribution in [1.29, 1.82) is 0 Å². The number of hydrogen-bond donors (Lipinski definition) is 1. The Morgan fingerprint density at radius 3 is 2.09 bits per heavy atom. The zero-order valence-corrected chi connectivity index (χ0v) is 12.2.